The summed E-state index contributed by atoms with van der Waals surface area (Å²) in [5.74, 6) is -1.18. The van der Waals surface area contributed by atoms with Crippen LogP contribution in [0.3, 0.4) is 0 Å². The maximum absolute atomic E-state index is 10.8. The van der Waals surface area contributed by atoms with Gasteiger partial charge in [0.05, 0.1) is 6.61 Å². The van der Waals surface area contributed by atoms with Gasteiger partial charge >= 0.3 is 5.97 Å². The van der Waals surface area contributed by atoms with E-state index >= 15 is 0 Å². The molecule has 0 spiro atoms. The second kappa shape index (κ2) is 6.59. The molecule has 0 amide bonds. The summed E-state index contributed by atoms with van der Waals surface area (Å²) in [6.07, 6.45) is 2.50. The Kier molecular flexibility index (Phi) is 5.11. The molecular formula is C14H16O4. The van der Waals surface area contributed by atoms with Crippen molar-refractivity contribution >= 4 is 17.8 Å². The van der Waals surface area contributed by atoms with Gasteiger partial charge in [-0.15, -0.1) is 0 Å². The number of carboxylic acids is 1. The highest BCUT2D eigenvalue weighted by Crippen LogP contribution is 2.14. The highest BCUT2D eigenvalue weighted by molar-refractivity contribution is 6.38. The molecular weight excluding hydrogens is 232 g/mol. The molecule has 0 bridgehead atoms. The molecule has 4 heteroatoms. The molecule has 0 saturated heterocycles. The number of ketones is 1. The first kappa shape index (κ1) is 14.0. The monoisotopic (exact) mass is 248 g/mol. The molecule has 18 heavy (non-hydrogen) atoms. The summed E-state index contributed by atoms with van der Waals surface area (Å²) in [7, 11) is 0. The van der Waals surface area contributed by atoms with Crippen LogP contribution in [0.15, 0.2) is 30.3 Å². The number of hydrogen-bond donors (Lipinski definition) is 1. The summed E-state index contributed by atoms with van der Waals surface area (Å²) in [6, 6.07) is 7.10. The van der Waals surface area contributed by atoms with E-state index in [0.29, 0.717) is 12.5 Å². The maximum atomic E-state index is 10.8. The molecule has 0 aliphatic heterocycles. The quantitative estimate of drug-likeness (QED) is 0.620. The summed E-state index contributed by atoms with van der Waals surface area (Å²) < 4.78 is 5.50. The third-order valence-electron chi connectivity index (χ3n) is 2.10. The van der Waals surface area contributed by atoms with Crippen LogP contribution in [0.1, 0.15) is 19.4 Å². The minimum atomic E-state index is -1.46. The number of carbonyl (C=O) groups is 2. The van der Waals surface area contributed by atoms with Gasteiger partial charge in [-0.1, -0.05) is 32.1 Å². The van der Waals surface area contributed by atoms with Crippen molar-refractivity contribution in [3.05, 3.63) is 35.9 Å². The lowest BCUT2D eigenvalue weighted by molar-refractivity contribution is -0.146. The van der Waals surface area contributed by atoms with Gasteiger partial charge in [0.15, 0.2) is 0 Å². The number of carboxylic acid groups (broad SMARTS) is 1. The van der Waals surface area contributed by atoms with Gasteiger partial charge in [-0.2, -0.15) is 0 Å². The molecule has 0 aromatic heterocycles. The molecule has 1 aromatic carbocycles. The average Bonchev–Trinajstić information content (AvgIpc) is 2.34. The minimum Gasteiger partial charge on any atom is -0.493 e. The zero-order valence-electron chi connectivity index (χ0n) is 10.4. The van der Waals surface area contributed by atoms with Gasteiger partial charge in [-0.25, -0.2) is 4.79 Å². The Bertz CT molecular complexity index is 443. The number of ether oxygens (including phenoxy) is 1. The van der Waals surface area contributed by atoms with Crippen molar-refractivity contribution in [3.8, 4) is 5.75 Å². The van der Waals surface area contributed by atoms with Gasteiger partial charge in [0, 0.05) is 0 Å². The smallest absolute Gasteiger partial charge is 0.376 e. The molecule has 1 rings (SSSR count). The lowest BCUT2D eigenvalue weighted by Crippen LogP contribution is -2.08. The number of benzene rings is 1. The van der Waals surface area contributed by atoms with E-state index in [1.54, 1.807) is 24.3 Å². The molecule has 0 fully saturated rings. The molecule has 1 N–H and O–H groups in total. The summed E-state index contributed by atoms with van der Waals surface area (Å²) in [4.78, 5) is 21.2. The van der Waals surface area contributed by atoms with Crippen molar-refractivity contribution in [1.29, 1.82) is 0 Å². The third kappa shape index (κ3) is 4.82. The number of aliphatic carboxylic acids is 1. The molecule has 0 aliphatic rings. The van der Waals surface area contributed by atoms with E-state index in [9.17, 15) is 9.59 Å². The van der Waals surface area contributed by atoms with E-state index in [-0.39, 0.29) is 0 Å². The zero-order chi connectivity index (χ0) is 13.5. The number of rotatable bonds is 6. The minimum absolute atomic E-state index is 0.456. The standard InChI is InChI=1S/C14H16O4/c1-10(2)9-18-12-6-3-11(4-7-12)5-8-13(15)14(16)17/h3-8,10H,9H2,1-2H3,(H,16,17)/b8-5+. The molecule has 96 valence electrons. The predicted octanol–water partition coefficient (Wildman–Crippen LogP) is 2.39. The van der Waals surface area contributed by atoms with Crippen LogP contribution >= 0.6 is 0 Å². The normalized spacial score (nSPS) is 10.8. The second-order valence-electron chi connectivity index (χ2n) is 4.28. The average molecular weight is 248 g/mol. The van der Waals surface area contributed by atoms with Crippen LogP contribution in [-0.4, -0.2) is 23.5 Å². The van der Waals surface area contributed by atoms with E-state index in [1.165, 1.54) is 6.08 Å². The Morgan fingerprint density at radius 2 is 1.89 bits per heavy atom. The van der Waals surface area contributed by atoms with Crippen LogP contribution in [0.2, 0.25) is 0 Å². The van der Waals surface area contributed by atoms with E-state index in [2.05, 4.69) is 13.8 Å². The van der Waals surface area contributed by atoms with Crippen molar-refractivity contribution in [2.45, 2.75) is 13.8 Å². The van der Waals surface area contributed by atoms with Gasteiger partial charge in [0.25, 0.3) is 5.78 Å². The third-order valence-corrected chi connectivity index (χ3v) is 2.10. The van der Waals surface area contributed by atoms with E-state index < -0.39 is 11.8 Å². The Hall–Kier alpha value is -2.10. The van der Waals surface area contributed by atoms with Crippen LogP contribution in [0.25, 0.3) is 6.08 Å². The number of carbonyl (C=O) groups excluding carboxylic acids is 1. The summed E-state index contributed by atoms with van der Waals surface area (Å²) in [5.41, 5.74) is 0.751. The molecule has 0 atom stereocenters. The van der Waals surface area contributed by atoms with Gasteiger partial charge in [-0.3, -0.25) is 4.79 Å². The van der Waals surface area contributed by atoms with Crippen LogP contribution in [-0.2, 0) is 9.59 Å². The summed E-state index contributed by atoms with van der Waals surface area (Å²) >= 11 is 0. The van der Waals surface area contributed by atoms with Crippen LogP contribution in [0, 0.1) is 5.92 Å². The molecule has 0 saturated carbocycles. The van der Waals surface area contributed by atoms with Gasteiger partial charge in [-0.05, 0) is 29.7 Å². The van der Waals surface area contributed by atoms with Gasteiger partial charge in [0.2, 0.25) is 0 Å². The molecule has 0 aliphatic carbocycles. The fourth-order valence-corrected chi connectivity index (χ4v) is 1.18. The van der Waals surface area contributed by atoms with Crippen LogP contribution < -0.4 is 4.74 Å². The Morgan fingerprint density at radius 1 is 1.28 bits per heavy atom. The van der Waals surface area contributed by atoms with E-state index in [0.717, 1.165) is 17.4 Å². The molecule has 0 heterocycles. The summed E-state index contributed by atoms with van der Waals surface area (Å²) in [5, 5.41) is 8.41. The fourth-order valence-electron chi connectivity index (χ4n) is 1.18. The Labute approximate surface area is 106 Å². The largest absolute Gasteiger partial charge is 0.493 e. The van der Waals surface area contributed by atoms with Gasteiger partial charge in [0.1, 0.15) is 5.75 Å². The first-order valence-corrected chi connectivity index (χ1v) is 5.67. The first-order valence-electron chi connectivity index (χ1n) is 5.67. The van der Waals surface area contributed by atoms with Crippen molar-refractivity contribution in [2.75, 3.05) is 6.61 Å². The summed E-state index contributed by atoms with van der Waals surface area (Å²) in [6.45, 7) is 4.77. The topological polar surface area (TPSA) is 63.6 Å². The van der Waals surface area contributed by atoms with Crippen molar-refractivity contribution in [2.24, 2.45) is 5.92 Å². The molecule has 0 unspecified atom stereocenters. The van der Waals surface area contributed by atoms with E-state index in [4.69, 9.17) is 9.84 Å². The Balaban J connectivity index is 2.60. The first-order chi connectivity index (χ1) is 8.49. The van der Waals surface area contributed by atoms with Crippen molar-refractivity contribution in [1.82, 2.24) is 0 Å². The molecule has 1 aromatic rings. The lowest BCUT2D eigenvalue weighted by Gasteiger charge is -2.08. The molecule has 0 radical (unpaired) electrons. The van der Waals surface area contributed by atoms with E-state index in [1.807, 2.05) is 0 Å². The van der Waals surface area contributed by atoms with Crippen molar-refractivity contribution < 1.29 is 19.4 Å². The second-order valence-corrected chi connectivity index (χ2v) is 4.28. The van der Waals surface area contributed by atoms with Gasteiger partial charge < -0.3 is 9.84 Å². The highest BCUT2D eigenvalue weighted by atomic mass is 16.5. The highest BCUT2D eigenvalue weighted by Gasteiger charge is 2.05. The maximum Gasteiger partial charge on any atom is 0.376 e. The Morgan fingerprint density at radius 3 is 2.39 bits per heavy atom. The van der Waals surface area contributed by atoms with Crippen LogP contribution in [0.5, 0.6) is 5.75 Å². The fraction of sp³-hybridized carbons (Fsp3) is 0.286. The zero-order valence-corrected chi connectivity index (χ0v) is 10.4. The molecule has 4 nitrogen and oxygen atoms in total. The predicted molar refractivity (Wildman–Crippen MR) is 68.5 cm³/mol. The lowest BCUT2D eigenvalue weighted by atomic mass is 10.2. The van der Waals surface area contributed by atoms with Crippen molar-refractivity contribution in [3.63, 3.8) is 0 Å². The SMILES string of the molecule is CC(C)COc1ccc(/C=C/C(=O)C(=O)O)cc1. The number of hydrogen-bond acceptors (Lipinski definition) is 3. The van der Waals surface area contributed by atoms with Crippen LogP contribution in [0.4, 0.5) is 0 Å².